The highest BCUT2D eigenvalue weighted by Gasteiger charge is 2.37. The van der Waals surface area contributed by atoms with E-state index in [9.17, 15) is 8.42 Å². The summed E-state index contributed by atoms with van der Waals surface area (Å²) < 4.78 is 37.5. The quantitative estimate of drug-likeness (QED) is 0.543. The van der Waals surface area contributed by atoms with Gasteiger partial charge in [-0.1, -0.05) is 17.7 Å². The molecule has 0 aromatic carbocycles. The molecule has 0 saturated heterocycles. The molecule has 1 aliphatic rings. The molecule has 0 fully saturated rings. The van der Waals surface area contributed by atoms with E-state index in [0.29, 0.717) is 17.3 Å². The van der Waals surface area contributed by atoms with Crippen molar-refractivity contribution in [3.05, 3.63) is 23.8 Å². The van der Waals surface area contributed by atoms with Crippen LogP contribution in [0.1, 0.15) is 12.8 Å². The van der Waals surface area contributed by atoms with Crippen LogP contribution in [0.3, 0.4) is 0 Å². The van der Waals surface area contributed by atoms with Crippen LogP contribution in [0, 0.1) is 0 Å². The topological polar surface area (TPSA) is 61.8 Å². The second kappa shape index (κ2) is 7.00. The zero-order valence-electron chi connectivity index (χ0n) is 10.8. The van der Waals surface area contributed by atoms with Crippen molar-refractivity contribution in [1.82, 2.24) is 0 Å². The summed E-state index contributed by atoms with van der Waals surface area (Å²) in [5.41, 5.74) is 1.08. The fourth-order valence-electron chi connectivity index (χ4n) is 1.73. The second-order valence-corrected chi connectivity index (χ2v) is 7.90. The highest BCUT2D eigenvalue weighted by Crippen LogP contribution is 2.21. The Morgan fingerprint density at radius 2 is 1.78 bits per heavy atom. The minimum atomic E-state index is -2.54. The molecule has 5 nitrogen and oxygen atoms in total. The SMILES string of the molecule is CO[Si](CCC1=CCC(=S(=O)=O)C=C1)(OC)OC. The smallest absolute Gasteiger partial charge is 0.377 e. The first-order chi connectivity index (χ1) is 8.56. The largest absolute Gasteiger partial charge is 0.500 e. The molecule has 0 unspecified atom stereocenters. The molecule has 0 aromatic heterocycles. The third-order valence-corrected chi connectivity index (χ3v) is 6.37. The maximum absolute atomic E-state index is 10.7. The first-order valence-corrected chi connectivity index (χ1v) is 8.55. The predicted molar refractivity (Wildman–Crippen MR) is 72.0 cm³/mol. The summed E-state index contributed by atoms with van der Waals surface area (Å²) in [5.74, 6) is 0. The van der Waals surface area contributed by atoms with Crippen LogP contribution in [-0.2, 0) is 23.6 Å². The van der Waals surface area contributed by atoms with Crippen LogP contribution in [0.15, 0.2) is 23.8 Å². The van der Waals surface area contributed by atoms with Crippen molar-refractivity contribution >= 4 is 24.0 Å². The van der Waals surface area contributed by atoms with Crippen molar-refractivity contribution in [2.24, 2.45) is 0 Å². The lowest BCUT2D eigenvalue weighted by Gasteiger charge is -2.24. The zero-order chi connectivity index (χ0) is 13.6. The van der Waals surface area contributed by atoms with Crippen LogP contribution < -0.4 is 0 Å². The van der Waals surface area contributed by atoms with Gasteiger partial charge < -0.3 is 13.3 Å². The first kappa shape index (κ1) is 15.3. The average Bonchev–Trinajstić information content (AvgIpc) is 2.41. The third kappa shape index (κ3) is 3.89. The van der Waals surface area contributed by atoms with Crippen molar-refractivity contribution < 1.29 is 21.7 Å². The molecule has 0 bridgehead atoms. The molecule has 0 atom stereocenters. The monoisotopic (exact) mass is 290 g/mol. The number of allylic oxidation sites excluding steroid dienone is 4. The molecule has 18 heavy (non-hydrogen) atoms. The molecular formula is C11H18O5SSi. The van der Waals surface area contributed by atoms with Gasteiger partial charge in [-0.2, -0.15) is 8.42 Å². The zero-order valence-corrected chi connectivity index (χ0v) is 12.6. The predicted octanol–water partition coefficient (Wildman–Crippen LogP) is 1.19. The minimum absolute atomic E-state index is 0.410. The molecule has 1 aliphatic carbocycles. The lowest BCUT2D eigenvalue weighted by atomic mass is 10.1. The van der Waals surface area contributed by atoms with Crippen LogP contribution in [0.25, 0.3) is 0 Å². The molecule has 1 rings (SSSR count). The summed E-state index contributed by atoms with van der Waals surface area (Å²) in [6.07, 6.45) is 6.55. The molecule has 0 aliphatic heterocycles. The van der Waals surface area contributed by atoms with Gasteiger partial charge in [0, 0.05) is 33.8 Å². The van der Waals surface area contributed by atoms with Gasteiger partial charge in [0.1, 0.15) is 0 Å². The van der Waals surface area contributed by atoms with Crippen LogP contribution in [0.4, 0.5) is 0 Å². The van der Waals surface area contributed by atoms with Gasteiger partial charge >= 0.3 is 8.80 Å². The van der Waals surface area contributed by atoms with Crippen molar-refractivity contribution in [3.63, 3.8) is 0 Å². The van der Waals surface area contributed by atoms with E-state index in [0.717, 1.165) is 12.0 Å². The van der Waals surface area contributed by atoms with Crippen LogP contribution in [0.5, 0.6) is 0 Å². The first-order valence-electron chi connectivity index (χ1n) is 5.54. The Kier molecular flexibility index (Phi) is 5.96. The summed E-state index contributed by atoms with van der Waals surface area (Å²) in [5, 5.41) is 0. The minimum Gasteiger partial charge on any atom is -0.377 e. The fourth-order valence-corrected chi connectivity index (χ4v) is 3.84. The highest BCUT2D eigenvalue weighted by molar-refractivity contribution is 7.73. The van der Waals surface area contributed by atoms with Crippen LogP contribution >= 0.6 is 0 Å². The average molecular weight is 290 g/mol. The number of hydrogen-bond donors (Lipinski definition) is 0. The molecule has 0 N–H and O–H groups in total. The fraction of sp³-hybridized carbons (Fsp3) is 0.545. The van der Waals surface area contributed by atoms with Gasteiger partial charge in [-0.15, -0.1) is 0 Å². The van der Waals surface area contributed by atoms with Crippen molar-refractivity contribution in [3.8, 4) is 0 Å². The van der Waals surface area contributed by atoms with Gasteiger partial charge in [0.25, 0.3) is 0 Å². The number of hydrogen-bond acceptors (Lipinski definition) is 5. The Balaban J connectivity index is 2.62. The lowest BCUT2D eigenvalue weighted by Crippen LogP contribution is -2.42. The van der Waals surface area contributed by atoms with Crippen molar-refractivity contribution in [1.29, 1.82) is 0 Å². The Labute approximate surface area is 110 Å². The Morgan fingerprint density at radius 1 is 1.17 bits per heavy atom. The van der Waals surface area contributed by atoms with Gasteiger partial charge in [0.15, 0.2) is 0 Å². The van der Waals surface area contributed by atoms with E-state index in [2.05, 4.69) is 0 Å². The van der Waals surface area contributed by atoms with E-state index in [1.165, 1.54) is 0 Å². The molecule has 0 spiro atoms. The maximum atomic E-state index is 10.7. The molecule has 0 saturated carbocycles. The molecule has 7 heteroatoms. The van der Waals surface area contributed by atoms with E-state index in [1.807, 2.05) is 12.2 Å². The van der Waals surface area contributed by atoms with Crippen molar-refractivity contribution in [2.45, 2.75) is 18.9 Å². The Bertz CT molecular complexity index is 457. The van der Waals surface area contributed by atoms with Gasteiger partial charge in [0.05, 0.1) is 4.86 Å². The van der Waals surface area contributed by atoms with Gasteiger partial charge in [0.2, 0.25) is 10.3 Å². The van der Waals surface area contributed by atoms with E-state index >= 15 is 0 Å². The van der Waals surface area contributed by atoms with Crippen LogP contribution in [0.2, 0.25) is 6.04 Å². The van der Waals surface area contributed by atoms with E-state index < -0.39 is 19.1 Å². The van der Waals surface area contributed by atoms with Gasteiger partial charge in [-0.25, -0.2) is 0 Å². The van der Waals surface area contributed by atoms with E-state index in [-0.39, 0.29) is 0 Å². The summed E-state index contributed by atoms with van der Waals surface area (Å²) >= 11 is 0. The van der Waals surface area contributed by atoms with Crippen LogP contribution in [-0.4, -0.2) is 43.4 Å². The second-order valence-electron chi connectivity index (χ2n) is 3.81. The maximum Gasteiger partial charge on any atom is 0.500 e. The summed E-state index contributed by atoms with van der Waals surface area (Å²) in [7, 11) is 0.0741. The normalized spacial score (nSPS) is 15.7. The molecule has 0 aromatic rings. The molecule has 0 radical (unpaired) electrons. The standard InChI is InChI=1S/C11H18O5SSi/c1-14-18(15-2,16-3)9-8-10-4-6-11(7-5-10)17(12)13/h4-6H,7-9H2,1-3H3. The number of rotatable bonds is 6. The Hall–Kier alpha value is -0.733. The molecule has 102 valence electrons. The highest BCUT2D eigenvalue weighted by atomic mass is 32.2. The van der Waals surface area contributed by atoms with Gasteiger partial charge in [-0.3, -0.25) is 0 Å². The lowest BCUT2D eigenvalue weighted by molar-refractivity contribution is 0.124. The van der Waals surface area contributed by atoms with Gasteiger partial charge in [-0.05, 0) is 12.5 Å². The summed E-state index contributed by atoms with van der Waals surface area (Å²) in [6, 6.07) is 0.669. The van der Waals surface area contributed by atoms with E-state index in [4.69, 9.17) is 13.3 Å². The van der Waals surface area contributed by atoms with E-state index in [1.54, 1.807) is 27.4 Å². The summed E-state index contributed by atoms with van der Waals surface area (Å²) in [6.45, 7) is 0. The van der Waals surface area contributed by atoms with Crippen molar-refractivity contribution in [2.75, 3.05) is 21.3 Å². The molecule has 0 amide bonds. The Morgan fingerprint density at radius 3 is 2.17 bits per heavy atom. The molecular weight excluding hydrogens is 272 g/mol. The third-order valence-electron chi connectivity index (χ3n) is 2.92. The molecule has 0 heterocycles. The summed E-state index contributed by atoms with van der Waals surface area (Å²) in [4.78, 5) is 0.410.